The zero-order chi connectivity index (χ0) is 21.8. The van der Waals surface area contributed by atoms with Gasteiger partial charge >= 0.3 is 5.97 Å². The number of amides is 1. The van der Waals surface area contributed by atoms with Gasteiger partial charge in [-0.05, 0) is 44.9 Å². The summed E-state index contributed by atoms with van der Waals surface area (Å²) in [6, 6.07) is 11.6. The number of rotatable bonds is 7. The van der Waals surface area contributed by atoms with E-state index in [9.17, 15) is 9.59 Å². The smallest absolute Gasteiger partial charge is 0.374 e. The fourth-order valence-electron chi connectivity index (χ4n) is 3.84. The van der Waals surface area contributed by atoms with Crippen LogP contribution in [0.2, 0.25) is 0 Å². The zero-order valence-corrected chi connectivity index (χ0v) is 18.2. The summed E-state index contributed by atoms with van der Waals surface area (Å²) in [4.78, 5) is 26.0. The van der Waals surface area contributed by atoms with Crippen molar-refractivity contribution in [3.05, 3.63) is 64.4 Å². The number of furan rings is 1. The molecule has 0 aliphatic heterocycles. The number of likely N-dealkylation sites (N-methyl/N-ethyl adjacent to an activating group) is 1. The van der Waals surface area contributed by atoms with Crippen LogP contribution in [0.15, 0.2) is 40.8 Å². The Bertz CT molecular complexity index is 1060. The first-order chi connectivity index (χ1) is 14.3. The van der Waals surface area contributed by atoms with E-state index >= 15 is 0 Å². The van der Waals surface area contributed by atoms with Crippen molar-refractivity contribution in [2.24, 2.45) is 0 Å². The van der Waals surface area contributed by atoms with Gasteiger partial charge in [-0.1, -0.05) is 35.9 Å². The molecule has 0 bridgehead atoms. The van der Waals surface area contributed by atoms with Crippen molar-refractivity contribution in [2.75, 3.05) is 25.5 Å². The first kappa shape index (κ1) is 21.6. The quantitative estimate of drug-likeness (QED) is 0.588. The molecule has 1 amide bonds. The third-order valence-corrected chi connectivity index (χ3v) is 5.04. The van der Waals surface area contributed by atoms with Crippen molar-refractivity contribution >= 4 is 28.5 Å². The monoisotopic (exact) mass is 409 g/mol. The number of aryl methyl sites for hydroxylation is 3. The maximum atomic E-state index is 12.7. The summed E-state index contributed by atoms with van der Waals surface area (Å²) < 4.78 is 10.9. The van der Waals surface area contributed by atoms with Gasteiger partial charge in [0.15, 0.2) is 6.54 Å². The van der Waals surface area contributed by atoms with Crippen LogP contribution in [0.5, 0.6) is 0 Å². The van der Waals surface area contributed by atoms with E-state index in [1.807, 2.05) is 52.1 Å². The maximum absolute atomic E-state index is 12.7. The molecule has 0 saturated carbocycles. The molecule has 0 aliphatic rings. The highest BCUT2D eigenvalue weighted by molar-refractivity contribution is 5.96. The summed E-state index contributed by atoms with van der Waals surface area (Å²) in [5.41, 5.74) is 5.52. The van der Waals surface area contributed by atoms with Crippen molar-refractivity contribution in [1.29, 1.82) is 0 Å². The summed E-state index contributed by atoms with van der Waals surface area (Å²) in [5.74, 6) is -0.345. The maximum Gasteiger partial charge on any atom is 0.374 e. The Morgan fingerprint density at radius 1 is 1.10 bits per heavy atom. The lowest BCUT2D eigenvalue weighted by molar-refractivity contribution is -0.885. The summed E-state index contributed by atoms with van der Waals surface area (Å²) in [6.45, 7) is 8.79. The predicted molar refractivity (Wildman–Crippen MR) is 117 cm³/mol. The van der Waals surface area contributed by atoms with E-state index in [-0.39, 0.29) is 24.8 Å². The molecule has 3 rings (SSSR count). The average molecular weight is 410 g/mol. The molecule has 0 fully saturated rings. The van der Waals surface area contributed by atoms with Gasteiger partial charge in [0.1, 0.15) is 12.1 Å². The topological polar surface area (TPSA) is 73.0 Å². The lowest BCUT2D eigenvalue weighted by atomic mass is 10.1. The number of carbonyl (C=O) groups is 2. The van der Waals surface area contributed by atoms with Gasteiger partial charge in [0.25, 0.3) is 5.91 Å². The summed E-state index contributed by atoms with van der Waals surface area (Å²) in [5, 5.41) is 3.90. The van der Waals surface area contributed by atoms with Crippen LogP contribution in [-0.4, -0.2) is 32.1 Å². The number of hydrogen-bond acceptors (Lipinski definition) is 4. The average Bonchev–Trinajstić information content (AvgIpc) is 3.03. The van der Waals surface area contributed by atoms with Crippen molar-refractivity contribution in [3.63, 3.8) is 0 Å². The lowest BCUT2D eigenvalue weighted by Gasteiger charge is -2.16. The summed E-state index contributed by atoms with van der Waals surface area (Å²) in [7, 11) is 1.92. The van der Waals surface area contributed by atoms with Gasteiger partial charge in [0, 0.05) is 11.1 Å². The van der Waals surface area contributed by atoms with Crippen molar-refractivity contribution in [2.45, 2.75) is 34.2 Å². The standard InChI is InChI=1S/C24H28N2O4/c1-6-29-24(28)23-19(18-9-7-8-10-20(18)30-23)13-26(5)14-21(27)25-22-16(3)11-15(2)12-17(22)4/h7-12H,6,13-14H2,1-5H3,(H,25,27)/p+1. The Hall–Kier alpha value is -3.12. The molecule has 1 heterocycles. The van der Waals surface area contributed by atoms with Gasteiger partial charge in [0.2, 0.25) is 5.76 Å². The molecule has 1 aromatic heterocycles. The third-order valence-electron chi connectivity index (χ3n) is 5.04. The summed E-state index contributed by atoms with van der Waals surface area (Å²) >= 11 is 0. The molecule has 0 spiro atoms. The minimum atomic E-state index is -0.480. The van der Waals surface area contributed by atoms with Crippen LogP contribution in [0.1, 0.15) is 39.7 Å². The highest BCUT2D eigenvalue weighted by Gasteiger charge is 2.25. The van der Waals surface area contributed by atoms with Gasteiger partial charge < -0.3 is 19.4 Å². The van der Waals surface area contributed by atoms with Gasteiger partial charge in [-0.15, -0.1) is 0 Å². The van der Waals surface area contributed by atoms with Crippen LogP contribution in [0.3, 0.4) is 0 Å². The minimum absolute atomic E-state index is 0.0759. The van der Waals surface area contributed by atoms with Crippen LogP contribution < -0.4 is 10.2 Å². The number of esters is 1. The number of fused-ring (bicyclic) bond motifs is 1. The number of benzene rings is 2. The normalized spacial score (nSPS) is 12.0. The van der Waals surface area contributed by atoms with E-state index in [0.29, 0.717) is 12.1 Å². The number of carbonyl (C=O) groups excluding carboxylic acids is 2. The molecular formula is C24H29N2O4+. The van der Waals surface area contributed by atoms with Crippen molar-refractivity contribution in [1.82, 2.24) is 0 Å². The molecule has 0 aliphatic carbocycles. The Morgan fingerprint density at radius 2 is 1.77 bits per heavy atom. The van der Waals surface area contributed by atoms with Crippen LogP contribution in [0.4, 0.5) is 5.69 Å². The number of hydrogen-bond donors (Lipinski definition) is 2. The molecule has 1 unspecified atom stereocenters. The largest absolute Gasteiger partial charge is 0.460 e. The molecule has 158 valence electrons. The summed E-state index contributed by atoms with van der Waals surface area (Å²) in [6.07, 6.45) is 0. The van der Waals surface area contributed by atoms with Crippen LogP contribution in [-0.2, 0) is 16.1 Å². The van der Waals surface area contributed by atoms with Crippen molar-refractivity contribution in [3.8, 4) is 0 Å². The SMILES string of the molecule is CCOC(=O)c1oc2ccccc2c1C[NH+](C)CC(=O)Nc1c(C)cc(C)cc1C. The van der Waals surface area contributed by atoms with Gasteiger partial charge in [-0.3, -0.25) is 4.79 Å². The fourth-order valence-corrected chi connectivity index (χ4v) is 3.84. The van der Waals surface area contributed by atoms with Crippen LogP contribution >= 0.6 is 0 Å². The highest BCUT2D eigenvalue weighted by atomic mass is 16.5. The molecule has 0 saturated heterocycles. The third kappa shape index (κ3) is 4.71. The second-order valence-corrected chi connectivity index (χ2v) is 7.76. The fraction of sp³-hybridized carbons (Fsp3) is 0.333. The molecule has 3 aromatic rings. The van der Waals surface area contributed by atoms with Crippen LogP contribution in [0.25, 0.3) is 11.0 Å². The van der Waals surface area contributed by atoms with Crippen LogP contribution in [0, 0.1) is 20.8 Å². The number of para-hydroxylation sites is 1. The minimum Gasteiger partial charge on any atom is -0.460 e. The first-order valence-corrected chi connectivity index (χ1v) is 10.2. The molecule has 2 N–H and O–H groups in total. The second-order valence-electron chi connectivity index (χ2n) is 7.76. The van der Waals surface area contributed by atoms with E-state index in [1.165, 1.54) is 5.56 Å². The number of quaternary nitrogens is 1. The molecule has 0 radical (unpaired) electrons. The highest BCUT2D eigenvalue weighted by Crippen LogP contribution is 2.26. The zero-order valence-electron chi connectivity index (χ0n) is 18.2. The number of anilines is 1. The van der Waals surface area contributed by atoms with E-state index in [0.717, 1.165) is 32.7 Å². The lowest BCUT2D eigenvalue weighted by Crippen LogP contribution is -3.08. The number of nitrogens with one attached hydrogen (secondary N) is 2. The van der Waals surface area contributed by atoms with Gasteiger partial charge in [-0.2, -0.15) is 0 Å². The van der Waals surface area contributed by atoms with Crippen molar-refractivity contribution < 1.29 is 23.6 Å². The predicted octanol–water partition coefficient (Wildman–Crippen LogP) is 3.19. The van der Waals surface area contributed by atoms with Gasteiger partial charge in [-0.25, -0.2) is 4.79 Å². The molecule has 6 heteroatoms. The van der Waals surface area contributed by atoms with E-state index in [4.69, 9.17) is 9.15 Å². The van der Waals surface area contributed by atoms with E-state index < -0.39 is 5.97 Å². The molecule has 6 nitrogen and oxygen atoms in total. The Balaban J connectivity index is 1.77. The second kappa shape index (κ2) is 9.13. The van der Waals surface area contributed by atoms with Gasteiger partial charge in [0.05, 0.1) is 19.2 Å². The van der Waals surface area contributed by atoms with E-state index in [1.54, 1.807) is 6.92 Å². The Labute approximate surface area is 176 Å². The first-order valence-electron chi connectivity index (χ1n) is 10.2. The molecule has 2 aromatic carbocycles. The molecule has 30 heavy (non-hydrogen) atoms. The number of ether oxygens (including phenoxy) is 1. The molecular weight excluding hydrogens is 380 g/mol. The molecule has 1 atom stereocenters. The van der Waals surface area contributed by atoms with E-state index in [2.05, 4.69) is 17.4 Å². The Morgan fingerprint density at radius 3 is 2.43 bits per heavy atom. The Kier molecular flexibility index (Phi) is 6.57.